The van der Waals surface area contributed by atoms with Crippen LogP contribution in [0.3, 0.4) is 0 Å². The van der Waals surface area contributed by atoms with Crippen LogP contribution in [0.25, 0.3) is 6.08 Å². The van der Waals surface area contributed by atoms with E-state index in [2.05, 4.69) is 25.9 Å². The molecule has 1 aromatic heterocycles. The Bertz CT molecular complexity index is 1070. The number of rotatable bonds is 3. The highest BCUT2D eigenvalue weighted by atomic mass is 79.9. The number of aromatic nitrogens is 1. The minimum Gasteiger partial charge on any atom is -0.266 e. The Morgan fingerprint density at radius 2 is 1.78 bits per heavy atom. The number of hydrogen-bond donors (Lipinski definition) is 0. The quantitative estimate of drug-likeness (QED) is 0.563. The number of aliphatic imine (C=N–C) groups is 1. The number of aryl methyl sites for hydroxylation is 1. The number of carbonyl (C=O) groups excluding carboxylic acids is 1. The predicted molar refractivity (Wildman–Crippen MR) is 112 cm³/mol. The Morgan fingerprint density at radius 1 is 1.00 bits per heavy atom. The second-order valence-electron chi connectivity index (χ2n) is 6.24. The van der Waals surface area contributed by atoms with E-state index < -0.39 is 0 Å². The van der Waals surface area contributed by atoms with Gasteiger partial charge in [-0.25, -0.2) is 4.99 Å². The van der Waals surface area contributed by atoms with E-state index in [9.17, 15) is 4.79 Å². The lowest BCUT2D eigenvalue weighted by Crippen LogP contribution is -2.32. The van der Waals surface area contributed by atoms with Crippen molar-refractivity contribution in [2.45, 2.75) is 6.92 Å². The number of nitrogens with zero attached hydrogens (tertiary/aromatic N) is 3. The normalized spacial score (nSPS) is 15.3. The number of hydrogen-bond acceptors (Lipinski definition) is 3. The van der Waals surface area contributed by atoms with E-state index >= 15 is 0 Å². The van der Waals surface area contributed by atoms with E-state index in [4.69, 9.17) is 0 Å². The van der Waals surface area contributed by atoms with Crippen molar-refractivity contribution in [3.8, 4) is 0 Å². The smallest absolute Gasteiger partial charge is 0.266 e. The summed E-state index contributed by atoms with van der Waals surface area (Å²) in [5.74, 6) is 0.475. The molecule has 4 rings (SSSR count). The van der Waals surface area contributed by atoms with E-state index in [0.29, 0.717) is 11.5 Å². The molecule has 0 saturated carbocycles. The first-order valence-corrected chi connectivity index (χ1v) is 9.28. The van der Waals surface area contributed by atoms with Crippen LogP contribution in [0.1, 0.15) is 16.7 Å². The summed E-state index contributed by atoms with van der Waals surface area (Å²) in [5, 5.41) is 0. The molecule has 132 valence electrons. The third kappa shape index (κ3) is 3.59. The molecule has 27 heavy (non-hydrogen) atoms. The van der Waals surface area contributed by atoms with Crippen LogP contribution in [0.2, 0.25) is 0 Å². The minimum atomic E-state index is -0.151. The summed E-state index contributed by atoms with van der Waals surface area (Å²) >= 11 is 3.49. The van der Waals surface area contributed by atoms with E-state index in [1.54, 1.807) is 23.4 Å². The molecule has 0 aliphatic carbocycles. The maximum atomic E-state index is 13.2. The fraction of sp³-hybridized carbons (Fsp3) is 0.0455. The minimum absolute atomic E-state index is 0.151. The second kappa shape index (κ2) is 7.29. The van der Waals surface area contributed by atoms with Crippen LogP contribution in [0.15, 0.2) is 88.2 Å². The van der Waals surface area contributed by atoms with Gasteiger partial charge in [0.05, 0.1) is 5.69 Å². The molecule has 1 amide bonds. The highest BCUT2D eigenvalue weighted by Crippen LogP contribution is 2.29. The number of amides is 1. The van der Waals surface area contributed by atoms with E-state index in [0.717, 1.165) is 26.9 Å². The van der Waals surface area contributed by atoms with E-state index in [-0.39, 0.29) is 5.91 Å². The molecule has 0 radical (unpaired) electrons. The van der Waals surface area contributed by atoms with Crippen molar-refractivity contribution in [3.05, 3.63) is 99.9 Å². The van der Waals surface area contributed by atoms with Gasteiger partial charge in [-0.3, -0.25) is 14.7 Å². The SMILES string of the molecule is Cc1cccc(C2=N/C(=C/c3ccncc3)C(=O)N2c2cccc(Br)c2)c1. The van der Waals surface area contributed by atoms with Gasteiger partial charge in [0.1, 0.15) is 11.5 Å². The first-order chi connectivity index (χ1) is 13.1. The number of carbonyl (C=O) groups is 1. The summed E-state index contributed by atoms with van der Waals surface area (Å²) in [4.78, 5) is 23.6. The van der Waals surface area contributed by atoms with Crippen molar-refractivity contribution < 1.29 is 4.79 Å². The molecule has 5 heteroatoms. The van der Waals surface area contributed by atoms with Crippen molar-refractivity contribution in [1.29, 1.82) is 0 Å². The molecule has 2 heterocycles. The van der Waals surface area contributed by atoms with Crippen molar-refractivity contribution in [2.75, 3.05) is 4.90 Å². The van der Waals surface area contributed by atoms with Crippen molar-refractivity contribution >= 4 is 39.4 Å². The summed E-state index contributed by atoms with van der Waals surface area (Å²) in [6.45, 7) is 2.03. The van der Waals surface area contributed by atoms with Gasteiger partial charge in [0.2, 0.25) is 0 Å². The highest BCUT2D eigenvalue weighted by Gasteiger charge is 2.32. The Hall–Kier alpha value is -3.05. The largest absolute Gasteiger partial charge is 0.282 e. The number of halogens is 1. The molecule has 0 saturated heterocycles. The van der Waals surface area contributed by atoms with Crippen LogP contribution in [0.4, 0.5) is 5.69 Å². The van der Waals surface area contributed by atoms with E-state index in [1.165, 1.54) is 0 Å². The van der Waals surface area contributed by atoms with E-state index in [1.807, 2.05) is 67.6 Å². The van der Waals surface area contributed by atoms with Crippen molar-refractivity contribution in [1.82, 2.24) is 4.98 Å². The molecular formula is C22H16BrN3O. The Balaban J connectivity index is 1.85. The second-order valence-corrected chi connectivity index (χ2v) is 7.15. The van der Waals surface area contributed by atoms with Crippen LogP contribution >= 0.6 is 15.9 Å². The number of pyridine rings is 1. The summed E-state index contributed by atoms with van der Waals surface area (Å²) in [6.07, 6.45) is 5.18. The fourth-order valence-electron chi connectivity index (χ4n) is 2.97. The summed E-state index contributed by atoms with van der Waals surface area (Å²) in [7, 11) is 0. The lowest BCUT2D eigenvalue weighted by Gasteiger charge is -2.19. The maximum absolute atomic E-state index is 13.2. The number of benzene rings is 2. The van der Waals surface area contributed by atoms with Gasteiger partial charge in [0.25, 0.3) is 5.91 Å². The van der Waals surface area contributed by atoms with Gasteiger partial charge in [0, 0.05) is 22.4 Å². The third-order valence-electron chi connectivity index (χ3n) is 4.21. The zero-order valence-corrected chi connectivity index (χ0v) is 16.2. The summed E-state index contributed by atoms with van der Waals surface area (Å²) < 4.78 is 0.906. The van der Waals surface area contributed by atoms with Crippen LogP contribution in [0, 0.1) is 6.92 Å². The Morgan fingerprint density at radius 3 is 2.52 bits per heavy atom. The first-order valence-electron chi connectivity index (χ1n) is 8.49. The predicted octanol–water partition coefficient (Wildman–Crippen LogP) is 4.99. The van der Waals surface area contributed by atoms with Gasteiger partial charge in [-0.05, 0) is 55.0 Å². The van der Waals surface area contributed by atoms with Gasteiger partial charge in [0.15, 0.2) is 0 Å². The third-order valence-corrected chi connectivity index (χ3v) is 4.71. The first kappa shape index (κ1) is 17.4. The van der Waals surface area contributed by atoms with Gasteiger partial charge in [-0.15, -0.1) is 0 Å². The lowest BCUT2D eigenvalue weighted by molar-refractivity contribution is -0.113. The van der Waals surface area contributed by atoms with Gasteiger partial charge in [-0.2, -0.15) is 0 Å². The Labute approximate surface area is 166 Å². The molecule has 0 N–H and O–H groups in total. The molecular weight excluding hydrogens is 402 g/mol. The lowest BCUT2D eigenvalue weighted by atomic mass is 10.1. The highest BCUT2D eigenvalue weighted by molar-refractivity contribution is 9.10. The maximum Gasteiger partial charge on any atom is 0.282 e. The van der Waals surface area contributed by atoms with Crippen LogP contribution in [-0.4, -0.2) is 16.7 Å². The molecule has 0 atom stereocenters. The molecule has 2 aromatic carbocycles. The monoisotopic (exact) mass is 417 g/mol. The van der Waals surface area contributed by atoms with Crippen molar-refractivity contribution in [3.63, 3.8) is 0 Å². The van der Waals surface area contributed by atoms with Gasteiger partial charge < -0.3 is 0 Å². The summed E-state index contributed by atoms with van der Waals surface area (Å²) in [6, 6.07) is 19.4. The molecule has 0 bridgehead atoms. The molecule has 4 nitrogen and oxygen atoms in total. The standard InChI is InChI=1S/C22H16BrN3O/c1-15-4-2-5-17(12-15)21-25-20(13-16-8-10-24-11-9-16)22(27)26(21)19-7-3-6-18(23)14-19/h2-14H,1H3/b20-13+. The van der Waals surface area contributed by atoms with Crippen molar-refractivity contribution in [2.24, 2.45) is 4.99 Å². The number of anilines is 1. The average molecular weight is 418 g/mol. The zero-order chi connectivity index (χ0) is 18.8. The van der Waals surface area contributed by atoms with Gasteiger partial charge >= 0.3 is 0 Å². The molecule has 0 unspecified atom stereocenters. The molecule has 0 spiro atoms. The number of amidine groups is 1. The topological polar surface area (TPSA) is 45.6 Å². The van der Waals surface area contributed by atoms with Crippen LogP contribution in [0.5, 0.6) is 0 Å². The molecule has 1 aliphatic rings. The van der Waals surface area contributed by atoms with Crippen LogP contribution in [-0.2, 0) is 4.79 Å². The summed E-state index contributed by atoms with van der Waals surface area (Å²) in [5.41, 5.74) is 4.08. The van der Waals surface area contributed by atoms with Crippen LogP contribution < -0.4 is 4.90 Å². The zero-order valence-electron chi connectivity index (χ0n) is 14.6. The molecule has 0 fully saturated rings. The average Bonchev–Trinajstić information content (AvgIpc) is 2.99. The Kier molecular flexibility index (Phi) is 4.69. The fourth-order valence-corrected chi connectivity index (χ4v) is 3.35. The molecule has 1 aliphatic heterocycles. The molecule has 3 aromatic rings. The van der Waals surface area contributed by atoms with Gasteiger partial charge in [-0.1, -0.05) is 45.8 Å².